The predicted octanol–water partition coefficient (Wildman–Crippen LogP) is 1.95. The van der Waals surface area contributed by atoms with Crippen molar-refractivity contribution in [2.45, 2.75) is 26.3 Å². The van der Waals surface area contributed by atoms with E-state index in [9.17, 15) is 4.79 Å². The Bertz CT molecular complexity index is 448. The lowest BCUT2D eigenvalue weighted by molar-refractivity contribution is -0.120. The number of halogens is 1. The van der Waals surface area contributed by atoms with E-state index >= 15 is 0 Å². The summed E-state index contributed by atoms with van der Waals surface area (Å²) in [5.74, 6) is -0.154. The lowest BCUT2D eigenvalue weighted by Crippen LogP contribution is -2.43. The van der Waals surface area contributed by atoms with Crippen molar-refractivity contribution >= 4 is 28.9 Å². The topological polar surface area (TPSA) is 78.6 Å². The van der Waals surface area contributed by atoms with Crippen molar-refractivity contribution in [1.29, 1.82) is 0 Å². The molecule has 0 spiro atoms. The number of hydrogen-bond acceptors (Lipinski definition) is 4. The van der Waals surface area contributed by atoms with Crippen LogP contribution < -0.4 is 11.1 Å². The van der Waals surface area contributed by atoms with Crippen molar-refractivity contribution in [2.75, 3.05) is 30.7 Å². The van der Waals surface area contributed by atoms with Crippen molar-refractivity contribution < 1.29 is 9.90 Å². The number of nitrogens with two attached hydrogens (primary N) is 1. The van der Waals surface area contributed by atoms with Gasteiger partial charge in [0.2, 0.25) is 5.91 Å². The number of carbonyl (C=O) groups excluding carboxylic acids is 1. The fourth-order valence-corrected chi connectivity index (χ4v) is 2.19. The summed E-state index contributed by atoms with van der Waals surface area (Å²) in [6.07, 6.45) is 0.917. The third-order valence-corrected chi connectivity index (χ3v) is 3.39. The van der Waals surface area contributed by atoms with Crippen molar-refractivity contribution in [3.05, 3.63) is 23.2 Å². The summed E-state index contributed by atoms with van der Waals surface area (Å²) in [7, 11) is 0. The van der Waals surface area contributed by atoms with Gasteiger partial charge in [-0.25, -0.2) is 0 Å². The fraction of sp³-hybridized carbons (Fsp3) is 0.500. The Morgan fingerprint density at radius 2 is 2.20 bits per heavy atom. The van der Waals surface area contributed by atoms with Crippen LogP contribution in [-0.4, -0.2) is 41.7 Å². The minimum Gasteiger partial charge on any atom is -0.399 e. The van der Waals surface area contributed by atoms with E-state index in [0.717, 1.165) is 13.0 Å². The van der Waals surface area contributed by atoms with E-state index in [0.29, 0.717) is 22.9 Å². The van der Waals surface area contributed by atoms with E-state index in [1.54, 1.807) is 18.2 Å². The molecule has 1 atom stereocenters. The van der Waals surface area contributed by atoms with Crippen molar-refractivity contribution in [1.82, 2.24) is 4.90 Å². The summed E-state index contributed by atoms with van der Waals surface area (Å²) in [6, 6.07) is 4.62. The van der Waals surface area contributed by atoms with Gasteiger partial charge in [-0.05, 0) is 38.1 Å². The number of aliphatic hydroxyl groups is 1. The highest BCUT2D eigenvalue weighted by Gasteiger charge is 2.20. The highest BCUT2D eigenvalue weighted by atomic mass is 35.5. The van der Waals surface area contributed by atoms with E-state index in [2.05, 4.69) is 5.32 Å². The Hall–Kier alpha value is -1.30. The summed E-state index contributed by atoms with van der Waals surface area (Å²) < 4.78 is 0. The quantitative estimate of drug-likeness (QED) is 0.673. The number of nitrogen functional groups attached to an aromatic ring is 1. The second-order valence-electron chi connectivity index (χ2n) is 4.66. The zero-order chi connectivity index (χ0) is 15.1. The molecular formula is C14H22ClN3O2. The molecule has 1 amide bonds. The Balaban J connectivity index is 2.73. The number of nitrogens with one attached hydrogen (secondary N) is 1. The van der Waals surface area contributed by atoms with Crippen molar-refractivity contribution in [3.63, 3.8) is 0 Å². The van der Waals surface area contributed by atoms with Gasteiger partial charge in [-0.15, -0.1) is 0 Å². The monoisotopic (exact) mass is 299 g/mol. The largest absolute Gasteiger partial charge is 0.399 e. The molecule has 0 bridgehead atoms. The van der Waals surface area contributed by atoms with Gasteiger partial charge in [0.1, 0.15) is 0 Å². The first-order valence-corrected chi connectivity index (χ1v) is 7.08. The highest BCUT2D eigenvalue weighted by Crippen LogP contribution is 2.24. The average Bonchev–Trinajstić information content (AvgIpc) is 2.40. The first-order chi connectivity index (χ1) is 9.49. The van der Waals surface area contributed by atoms with E-state index in [1.807, 2.05) is 18.7 Å². The van der Waals surface area contributed by atoms with Gasteiger partial charge in [-0.1, -0.05) is 18.5 Å². The molecule has 1 aromatic rings. The smallest absolute Gasteiger partial charge is 0.241 e. The zero-order valence-corrected chi connectivity index (χ0v) is 12.7. The molecule has 0 aliphatic carbocycles. The van der Waals surface area contributed by atoms with Crippen LogP contribution in [0.2, 0.25) is 5.02 Å². The molecule has 1 aromatic carbocycles. The first kappa shape index (κ1) is 16.8. The van der Waals surface area contributed by atoms with Crippen LogP contribution in [0.25, 0.3) is 0 Å². The Labute approximate surface area is 124 Å². The molecule has 1 unspecified atom stereocenters. The number of benzene rings is 1. The lowest BCUT2D eigenvalue weighted by atomic mass is 10.2. The van der Waals surface area contributed by atoms with Crippen LogP contribution in [-0.2, 0) is 4.79 Å². The molecule has 0 aliphatic heterocycles. The van der Waals surface area contributed by atoms with E-state index < -0.39 is 0 Å². The lowest BCUT2D eigenvalue weighted by Gasteiger charge is -2.27. The van der Waals surface area contributed by atoms with Crippen molar-refractivity contribution in [2.24, 2.45) is 0 Å². The Morgan fingerprint density at radius 3 is 2.75 bits per heavy atom. The normalized spacial score (nSPS) is 12.4. The van der Waals surface area contributed by atoms with Crippen LogP contribution in [0.15, 0.2) is 18.2 Å². The third-order valence-electron chi connectivity index (χ3n) is 3.08. The number of hydrogen-bond donors (Lipinski definition) is 3. The van der Waals surface area contributed by atoms with E-state index in [1.165, 1.54) is 0 Å². The average molecular weight is 300 g/mol. The molecule has 0 aromatic heterocycles. The number of rotatable bonds is 7. The second-order valence-corrected chi connectivity index (χ2v) is 5.07. The molecule has 20 heavy (non-hydrogen) atoms. The minimum absolute atomic E-state index is 0.0280. The summed E-state index contributed by atoms with van der Waals surface area (Å²) >= 11 is 6.03. The summed E-state index contributed by atoms with van der Waals surface area (Å²) in [5, 5.41) is 12.2. The first-order valence-electron chi connectivity index (χ1n) is 6.70. The van der Waals surface area contributed by atoms with Gasteiger partial charge in [0.15, 0.2) is 0 Å². The number of carbonyl (C=O) groups is 1. The number of aliphatic hydroxyl groups excluding tert-OH is 1. The van der Waals surface area contributed by atoms with Crippen LogP contribution >= 0.6 is 11.6 Å². The molecule has 0 saturated carbocycles. The summed E-state index contributed by atoms with van der Waals surface area (Å²) in [5.41, 5.74) is 6.70. The highest BCUT2D eigenvalue weighted by molar-refractivity contribution is 6.34. The molecule has 0 saturated heterocycles. The minimum atomic E-state index is -0.337. The summed E-state index contributed by atoms with van der Waals surface area (Å²) in [4.78, 5) is 14.1. The van der Waals surface area contributed by atoms with Gasteiger partial charge < -0.3 is 16.2 Å². The molecule has 0 aliphatic rings. The number of nitrogens with zero attached hydrogens (tertiary/aromatic N) is 1. The molecule has 0 fully saturated rings. The maximum absolute atomic E-state index is 12.2. The van der Waals surface area contributed by atoms with Gasteiger partial charge in [-0.3, -0.25) is 9.69 Å². The maximum Gasteiger partial charge on any atom is 0.241 e. The molecule has 5 nitrogen and oxygen atoms in total. The SMILES string of the molecule is CCCN(CCO)C(C)C(=O)Nc1ccc(N)cc1Cl. The van der Waals surface area contributed by atoms with Gasteiger partial charge in [-0.2, -0.15) is 0 Å². The second kappa shape index (κ2) is 8.09. The standard InChI is InChI=1S/C14H22ClN3O2/c1-3-6-18(7-8-19)10(2)14(20)17-13-5-4-11(16)9-12(13)15/h4-5,9-10,19H,3,6-8,16H2,1-2H3,(H,17,20). The van der Waals surface area contributed by atoms with E-state index in [-0.39, 0.29) is 18.6 Å². The molecule has 0 heterocycles. The van der Waals surface area contributed by atoms with Crippen LogP contribution in [0.4, 0.5) is 11.4 Å². The van der Waals surface area contributed by atoms with Crippen LogP contribution in [0.3, 0.4) is 0 Å². The van der Waals surface area contributed by atoms with Gasteiger partial charge >= 0.3 is 0 Å². The summed E-state index contributed by atoms with van der Waals surface area (Å²) in [6.45, 7) is 5.10. The van der Waals surface area contributed by atoms with Crippen LogP contribution in [0.1, 0.15) is 20.3 Å². The Morgan fingerprint density at radius 1 is 1.50 bits per heavy atom. The molecule has 1 rings (SSSR count). The number of amides is 1. The molecular weight excluding hydrogens is 278 g/mol. The van der Waals surface area contributed by atoms with E-state index in [4.69, 9.17) is 22.4 Å². The predicted molar refractivity (Wildman–Crippen MR) is 82.9 cm³/mol. The fourth-order valence-electron chi connectivity index (χ4n) is 1.95. The molecule has 0 radical (unpaired) electrons. The molecule has 112 valence electrons. The van der Waals surface area contributed by atoms with Crippen LogP contribution in [0, 0.1) is 0 Å². The number of anilines is 2. The van der Waals surface area contributed by atoms with Crippen LogP contribution in [0.5, 0.6) is 0 Å². The third kappa shape index (κ3) is 4.67. The van der Waals surface area contributed by atoms with Gasteiger partial charge in [0.05, 0.1) is 23.4 Å². The van der Waals surface area contributed by atoms with Gasteiger partial charge in [0.25, 0.3) is 0 Å². The Kier molecular flexibility index (Phi) is 6.78. The van der Waals surface area contributed by atoms with Crippen molar-refractivity contribution in [3.8, 4) is 0 Å². The van der Waals surface area contributed by atoms with Gasteiger partial charge in [0, 0.05) is 12.2 Å². The maximum atomic E-state index is 12.2. The zero-order valence-electron chi connectivity index (χ0n) is 11.9. The molecule has 6 heteroatoms. The molecule has 4 N–H and O–H groups in total.